The molecular weight excluding hydrogens is 390 g/mol. The molecule has 5 heterocycles. The van der Waals surface area contributed by atoms with E-state index in [1.165, 1.54) is 0 Å². The lowest BCUT2D eigenvalue weighted by molar-refractivity contribution is -0.0315. The van der Waals surface area contributed by atoms with Crippen molar-refractivity contribution in [1.29, 1.82) is 0 Å². The predicted molar refractivity (Wildman–Crippen MR) is 116 cm³/mol. The summed E-state index contributed by atoms with van der Waals surface area (Å²) in [4.78, 5) is 33.2. The van der Waals surface area contributed by atoms with Gasteiger partial charge in [-0.05, 0) is 62.3 Å². The lowest BCUT2D eigenvalue weighted by Gasteiger charge is -2.49. The second-order valence-corrected chi connectivity index (χ2v) is 8.52. The van der Waals surface area contributed by atoms with Gasteiger partial charge in [0, 0.05) is 37.4 Å². The second-order valence-electron chi connectivity index (χ2n) is 8.52. The molecule has 3 aromatic rings. The number of aromatic nitrogens is 4. The van der Waals surface area contributed by atoms with E-state index in [9.17, 15) is 4.79 Å². The van der Waals surface area contributed by atoms with Crippen LogP contribution in [0.5, 0.6) is 5.88 Å². The summed E-state index contributed by atoms with van der Waals surface area (Å²) in [6.45, 7) is 4.69. The van der Waals surface area contributed by atoms with Crippen molar-refractivity contribution in [3.8, 4) is 17.3 Å². The van der Waals surface area contributed by atoms with Crippen LogP contribution in [-0.2, 0) is 0 Å². The highest BCUT2D eigenvalue weighted by atomic mass is 16.5. The fourth-order valence-electron chi connectivity index (χ4n) is 4.66. The molecule has 1 aliphatic carbocycles. The Kier molecular flexibility index (Phi) is 5.10. The number of hydrogen-bond donors (Lipinski definition) is 0. The van der Waals surface area contributed by atoms with Crippen LogP contribution in [0.1, 0.15) is 40.9 Å². The fourth-order valence-corrected chi connectivity index (χ4v) is 4.66. The summed E-state index contributed by atoms with van der Waals surface area (Å²) in [6.07, 6.45) is 9.82. The Morgan fingerprint density at radius 1 is 1.03 bits per heavy atom. The van der Waals surface area contributed by atoms with Crippen molar-refractivity contribution in [3.63, 3.8) is 0 Å². The number of hydrogen-bond acceptors (Lipinski definition) is 6. The lowest BCUT2D eigenvalue weighted by Crippen LogP contribution is -2.59. The van der Waals surface area contributed by atoms with Gasteiger partial charge in [0.05, 0.1) is 11.6 Å². The number of carbonyl (C=O) groups excluding carboxylic acids is 1. The highest BCUT2D eigenvalue weighted by Crippen LogP contribution is 2.38. The lowest BCUT2D eigenvalue weighted by atomic mass is 9.77. The average Bonchev–Trinajstić information content (AvgIpc) is 2.81. The van der Waals surface area contributed by atoms with Crippen LogP contribution in [0.15, 0.2) is 49.1 Å². The number of piperidine rings is 2. The molecule has 158 valence electrons. The molecule has 0 spiro atoms. The quantitative estimate of drug-likeness (QED) is 0.647. The number of carbonyl (C=O) groups is 1. The molecule has 2 aliphatic heterocycles. The number of pyridine rings is 2. The number of aryl methyl sites for hydroxylation is 2. The largest absolute Gasteiger partial charge is 0.472 e. The zero-order valence-electron chi connectivity index (χ0n) is 17.7. The first-order valence-electron chi connectivity index (χ1n) is 10.7. The first kappa shape index (κ1) is 19.6. The number of fused-ring (bicyclic) bond motifs is 3. The molecule has 1 saturated carbocycles. The van der Waals surface area contributed by atoms with Gasteiger partial charge in [-0.25, -0.2) is 15.0 Å². The SMILES string of the molecule is Cc1ccc(OC2CC3CCC2N(C(=O)c2ncc(C)cc2-c2ncccn2)C3)nc1. The highest BCUT2D eigenvalue weighted by molar-refractivity contribution is 5.98. The molecule has 3 unspecified atom stereocenters. The molecule has 3 fully saturated rings. The molecule has 0 aromatic carbocycles. The molecule has 6 rings (SSSR count). The molecule has 2 bridgehead atoms. The van der Waals surface area contributed by atoms with E-state index in [1.807, 2.05) is 43.1 Å². The molecule has 7 nitrogen and oxygen atoms in total. The zero-order chi connectivity index (χ0) is 21.4. The maximum Gasteiger partial charge on any atom is 0.273 e. The van der Waals surface area contributed by atoms with Gasteiger partial charge in [-0.1, -0.05) is 6.07 Å². The molecule has 3 aliphatic rings. The predicted octanol–water partition coefficient (Wildman–Crippen LogP) is 3.62. The van der Waals surface area contributed by atoms with Gasteiger partial charge in [-0.2, -0.15) is 0 Å². The van der Waals surface area contributed by atoms with Crippen LogP contribution in [0.2, 0.25) is 0 Å². The van der Waals surface area contributed by atoms with Crippen molar-refractivity contribution in [2.24, 2.45) is 5.92 Å². The third-order valence-corrected chi connectivity index (χ3v) is 6.17. The van der Waals surface area contributed by atoms with Gasteiger partial charge in [0.25, 0.3) is 5.91 Å². The molecule has 1 amide bonds. The minimum absolute atomic E-state index is 0.00764. The summed E-state index contributed by atoms with van der Waals surface area (Å²) in [5, 5.41) is 0. The van der Waals surface area contributed by atoms with Crippen LogP contribution in [0, 0.1) is 19.8 Å². The maximum absolute atomic E-state index is 13.7. The fraction of sp³-hybridized carbons (Fsp3) is 0.375. The van der Waals surface area contributed by atoms with E-state index in [1.54, 1.807) is 24.7 Å². The van der Waals surface area contributed by atoms with Gasteiger partial charge < -0.3 is 9.64 Å². The summed E-state index contributed by atoms with van der Waals surface area (Å²) < 4.78 is 6.24. The van der Waals surface area contributed by atoms with Gasteiger partial charge in [0.2, 0.25) is 5.88 Å². The third kappa shape index (κ3) is 3.87. The van der Waals surface area contributed by atoms with Crippen molar-refractivity contribution < 1.29 is 9.53 Å². The van der Waals surface area contributed by atoms with Crippen LogP contribution in [0.25, 0.3) is 11.4 Å². The van der Waals surface area contributed by atoms with Gasteiger partial charge in [0.1, 0.15) is 11.8 Å². The zero-order valence-corrected chi connectivity index (χ0v) is 17.7. The van der Waals surface area contributed by atoms with E-state index in [-0.39, 0.29) is 18.1 Å². The molecule has 2 saturated heterocycles. The van der Waals surface area contributed by atoms with Crippen LogP contribution in [0.3, 0.4) is 0 Å². The first-order chi connectivity index (χ1) is 15.1. The third-order valence-electron chi connectivity index (χ3n) is 6.17. The number of rotatable bonds is 4. The normalized spacial score (nSPS) is 22.4. The Morgan fingerprint density at radius 2 is 1.84 bits per heavy atom. The van der Waals surface area contributed by atoms with Crippen molar-refractivity contribution >= 4 is 5.91 Å². The Balaban J connectivity index is 1.44. The van der Waals surface area contributed by atoms with Gasteiger partial charge in [-0.3, -0.25) is 9.78 Å². The van der Waals surface area contributed by atoms with Crippen LogP contribution >= 0.6 is 0 Å². The summed E-state index contributed by atoms with van der Waals surface area (Å²) in [6, 6.07) is 7.60. The van der Waals surface area contributed by atoms with Gasteiger partial charge >= 0.3 is 0 Å². The minimum Gasteiger partial charge on any atom is -0.472 e. The van der Waals surface area contributed by atoms with Gasteiger partial charge in [0.15, 0.2) is 5.82 Å². The Morgan fingerprint density at radius 3 is 2.58 bits per heavy atom. The Bertz CT molecular complexity index is 1090. The van der Waals surface area contributed by atoms with Crippen molar-refractivity contribution in [1.82, 2.24) is 24.8 Å². The second kappa shape index (κ2) is 8.06. The molecule has 3 aromatic heterocycles. The number of nitrogens with zero attached hydrogens (tertiary/aromatic N) is 5. The summed E-state index contributed by atoms with van der Waals surface area (Å²) in [5.74, 6) is 1.47. The molecular formula is C24H25N5O2. The Hall–Kier alpha value is -3.35. The maximum atomic E-state index is 13.7. The Labute approximate surface area is 181 Å². The van der Waals surface area contributed by atoms with E-state index in [2.05, 4.69) is 19.9 Å². The van der Waals surface area contributed by atoms with E-state index < -0.39 is 0 Å². The first-order valence-corrected chi connectivity index (χ1v) is 10.7. The van der Waals surface area contributed by atoms with Crippen molar-refractivity contribution in [2.45, 2.75) is 45.3 Å². The standard InChI is InChI=1S/C24H25N5O2/c1-15-4-7-21(27-12-15)31-20-11-17-5-6-19(20)29(14-17)24(30)22-18(10-16(2)13-28-22)23-25-8-3-9-26-23/h3-4,7-10,12-13,17,19-20H,5-6,11,14H2,1-2H3. The molecule has 31 heavy (non-hydrogen) atoms. The van der Waals surface area contributed by atoms with E-state index in [0.29, 0.717) is 28.9 Å². The van der Waals surface area contributed by atoms with Crippen LogP contribution < -0.4 is 4.74 Å². The number of ether oxygens (including phenoxy) is 1. The van der Waals surface area contributed by atoms with Crippen LogP contribution in [0.4, 0.5) is 0 Å². The molecule has 7 heteroatoms. The summed E-state index contributed by atoms with van der Waals surface area (Å²) >= 11 is 0. The van der Waals surface area contributed by atoms with Crippen LogP contribution in [-0.4, -0.2) is 49.4 Å². The van der Waals surface area contributed by atoms with E-state index in [0.717, 1.165) is 36.9 Å². The number of amides is 1. The van der Waals surface area contributed by atoms with Gasteiger partial charge in [-0.15, -0.1) is 0 Å². The smallest absolute Gasteiger partial charge is 0.273 e. The van der Waals surface area contributed by atoms with Crippen molar-refractivity contribution in [3.05, 3.63) is 65.9 Å². The molecule has 3 atom stereocenters. The summed E-state index contributed by atoms with van der Waals surface area (Å²) in [5.41, 5.74) is 3.13. The monoisotopic (exact) mass is 415 g/mol. The molecule has 0 radical (unpaired) electrons. The minimum atomic E-state index is -0.0812. The molecule has 0 N–H and O–H groups in total. The average molecular weight is 415 g/mol. The van der Waals surface area contributed by atoms with E-state index >= 15 is 0 Å². The topological polar surface area (TPSA) is 81.1 Å². The summed E-state index contributed by atoms with van der Waals surface area (Å²) in [7, 11) is 0. The van der Waals surface area contributed by atoms with Crippen molar-refractivity contribution in [2.75, 3.05) is 6.54 Å². The highest BCUT2D eigenvalue weighted by Gasteiger charge is 2.45. The van der Waals surface area contributed by atoms with E-state index in [4.69, 9.17) is 4.74 Å².